The van der Waals surface area contributed by atoms with Crippen molar-refractivity contribution in [2.24, 2.45) is 7.05 Å². The minimum absolute atomic E-state index is 0.224. The second kappa shape index (κ2) is 4.05. The molecule has 2 aromatic rings. The Morgan fingerprint density at radius 1 is 1.50 bits per heavy atom. The van der Waals surface area contributed by atoms with Crippen LogP contribution in [0.5, 0.6) is 0 Å². The fourth-order valence-corrected chi connectivity index (χ4v) is 1.90. The molecule has 2 aromatic heterocycles. The zero-order chi connectivity index (χ0) is 11.7. The predicted octanol–water partition coefficient (Wildman–Crippen LogP) is 1.75. The van der Waals surface area contributed by atoms with E-state index in [9.17, 15) is 4.79 Å². The number of anilines is 1. The lowest BCUT2D eigenvalue weighted by Crippen LogP contribution is -2.12. The molecule has 1 N–H and O–H groups in total. The highest BCUT2D eigenvalue weighted by atomic mass is 32.1. The van der Waals surface area contributed by atoms with E-state index in [-0.39, 0.29) is 5.91 Å². The Bertz CT molecular complexity index is 509. The van der Waals surface area contributed by atoms with Crippen LogP contribution in [-0.2, 0) is 7.05 Å². The summed E-state index contributed by atoms with van der Waals surface area (Å²) < 4.78 is 1.67. The van der Waals surface area contributed by atoms with Crippen molar-refractivity contribution in [1.29, 1.82) is 0 Å². The topological polar surface area (TPSA) is 59.8 Å². The number of rotatable bonds is 2. The molecule has 0 unspecified atom stereocenters. The Labute approximate surface area is 97.1 Å². The fourth-order valence-electron chi connectivity index (χ4n) is 1.25. The van der Waals surface area contributed by atoms with Gasteiger partial charge in [-0.15, -0.1) is 11.3 Å². The van der Waals surface area contributed by atoms with Gasteiger partial charge in [0, 0.05) is 23.8 Å². The molecule has 0 aliphatic heterocycles. The van der Waals surface area contributed by atoms with Gasteiger partial charge in [0.05, 0.1) is 0 Å². The molecule has 16 heavy (non-hydrogen) atoms. The number of aryl methyl sites for hydroxylation is 3. The zero-order valence-electron chi connectivity index (χ0n) is 9.31. The highest BCUT2D eigenvalue weighted by molar-refractivity contribution is 7.15. The molecule has 0 spiro atoms. The molecule has 0 fully saturated rings. The number of carbonyl (C=O) groups excluding carboxylic acids is 1. The van der Waals surface area contributed by atoms with Crippen LogP contribution in [0.3, 0.4) is 0 Å². The minimum atomic E-state index is -0.224. The van der Waals surface area contributed by atoms with Crippen molar-refractivity contribution in [2.45, 2.75) is 13.8 Å². The van der Waals surface area contributed by atoms with Gasteiger partial charge in [-0.25, -0.2) is 4.98 Å². The molecule has 0 saturated carbocycles. The van der Waals surface area contributed by atoms with Crippen LogP contribution in [-0.4, -0.2) is 20.7 Å². The van der Waals surface area contributed by atoms with Crippen LogP contribution in [0.2, 0.25) is 0 Å². The number of aromatic nitrogens is 3. The summed E-state index contributed by atoms with van der Waals surface area (Å²) in [6.45, 7) is 3.84. The Hall–Kier alpha value is -1.69. The molecule has 6 heteroatoms. The van der Waals surface area contributed by atoms with Crippen molar-refractivity contribution in [1.82, 2.24) is 14.8 Å². The Kier molecular flexibility index (Phi) is 2.74. The van der Waals surface area contributed by atoms with E-state index in [1.165, 1.54) is 11.3 Å². The Morgan fingerprint density at radius 3 is 2.75 bits per heavy atom. The molecule has 0 atom stereocenters. The maximum absolute atomic E-state index is 11.8. The van der Waals surface area contributed by atoms with Crippen LogP contribution < -0.4 is 5.32 Å². The Morgan fingerprint density at radius 2 is 2.25 bits per heavy atom. The number of nitrogens with zero attached hydrogens (tertiary/aromatic N) is 3. The van der Waals surface area contributed by atoms with Gasteiger partial charge in [-0.05, 0) is 19.9 Å². The molecule has 1 amide bonds. The molecule has 2 rings (SSSR count). The summed E-state index contributed by atoms with van der Waals surface area (Å²) in [7, 11) is 1.81. The van der Waals surface area contributed by atoms with E-state index >= 15 is 0 Å². The number of hydrogen-bond acceptors (Lipinski definition) is 4. The smallest absolute Gasteiger partial charge is 0.277 e. The van der Waals surface area contributed by atoms with Crippen molar-refractivity contribution in [3.05, 3.63) is 28.5 Å². The lowest BCUT2D eigenvalue weighted by molar-refractivity contribution is 0.102. The van der Waals surface area contributed by atoms with Gasteiger partial charge in [-0.3, -0.25) is 14.8 Å². The van der Waals surface area contributed by atoms with E-state index < -0.39 is 0 Å². The predicted molar refractivity (Wildman–Crippen MR) is 62.7 cm³/mol. The largest absolute Gasteiger partial charge is 0.296 e. The van der Waals surface area contributed by atoms with Gasteiger partial charge >= 0.3 is 0 Å². The lowest BCUT2D eigenvalue weighted by Gasteiger charge is -1.96. The molecule has 0 aliphatic rings. The molecule has 0 aliphatic carbocycles. The molecule has 0 saturated heterocycles. The molecule has 5 nitrogen and oxygen atoms in total. The average Bonchev–Trinajstić information content (AvgIpc) is 2.75. The summed E-state index contributed by atoms with van der Waals surface area (Å²) in [4.78, 5) is 16.9. The summed E-state index contributed by atoms with van der Waals surface area (Å²) in [5.74, 6) is -0.224. The fraction of sp³-hybridized carbons (Fsp3) is 0.300. The van der Waals surface area contributed by atoms with E-state index in [0.29, 0.717) is 10.8 Å². The van der Waals surface area contributed by atoms with Crippen molar-refractivity contribution in [3.8, 4) is 0 Å². The number of amides is 1. The second-order valence-electron chi connectivity index (χ2n) is 3.52. The molecule has 2 heterocycles. The summed E-state index contributed by atoms with van der Waals surface area (Å²) in [5.41, 5.74) is 1.35. The van der Waals surface area contributed by atoms with Gasteiger partial charge in [-0.1, -0.05) is 0 Å². The molecule has 0 bridgehead atoms. The van der Waals surface area contributed by atoms with Gasteiger partial charge in [-0.2, -0.15) is 5.10 Å². The van der Waals surface area contributed by atoms with Crippen LogP contribution in [0, 0.1) is 13.8 Å². The number of nitrogens with one attached hydrogen (secondary N) is 1. The SMILES string of the molecule is Cc1cnc(NC(=O)c2cc(C)n(C)n2)s1. The van der Waals surface area contributed by atoms with E-state index in [2.05, 4.69) is 15.4 Å². The van der Waals surface area contributed by atoms with E-state index in [1.807, 2.05) is 13.8 Å². The first-order chi connectivity index (χ1) is 7.56. The molecule has 84 valence electrons. The summed E-state index contributed by atoms with van der Waals surface area (Å²) in [5, 5.41) is 7.41. The first kappa shape index (κ1) is 10.8. The van der Waals surface area contributed by atoms with Gasteiger partial charge in [0.25, 0.3) is 5.91 Å². The molecular weight excluding hydrogens is 224 g/mol. The van der Waals surface area contributed by atoms with E-state index in [0.717, 1.165) is 10.6 Å². The molecule has 0 aromatic carbocycles. The minimum Gasteiger partial charge on any atom is -0.296 e. The van der Waals surface area contributed by atoms with Gasteiger partial charge in [0.15, 0.2) is 10.8 Å². The maximum Gasteiger partial charge on any atom is 0.277 e. The molecule has 0 radical (unpaired) electrons. The first-order valence-electron chi connectivity index (χ1n) is 4.80. The summed E-state index contributed by atoms with van der Waals surface area (Å²) >= 11 is 1.44. The van der Waals surface area contributed by atoms with Gasteiger partial charge < -0.3 is 0 Å². The second-order valence-corrected chi connectivity index (χ2v) is 4.76. The number of thiazole rings is 1. The average molecular weight is 236 g/mol. The third-order valence-corrected chi connectivity index (χ3v) is 3.02. The molecular formula is C10H12N4OS. The zero-order valence-corrected chi connectivity index (χ0v) is 10.1. The third kappa shape index (κ3) is 2.11. The van der Waals surface area contributed by atoms with Gasteiger partial charge in [0.1, 0.15) is 0 Å². The lowest BCUT2D eigenvalue weighted by atomic mass is 10.3. The van der Waals surface area contributed by atoms with Crippen molar-refractivity contribution < 1.29 is 4.79 Å². The highest BCUT2D eigenvalue weighted by Gasteiger charge is 2.12. The van der Waals surface area contributed by atoms with Crippen molar-refractivity contribution in [2.75, 3.05) is 5.32 Å². The summed E-state index contributed by atoms with van der Waals surface area (Å²) in [6.07, 6.45) is 1.73. The monoisotopic (exact) mass is 236 g/mol. The van der Waals surface area contributed by atoms with E-state index in [1.54, 1.807) is 24.0 Å². The standard InChI is InChI=1S/C10H12N4OS/c1-6-4-8(13-14(6)3)9(15)12-10-11-5-7(2)16-10/h4-5H,1-3H3,(H,11,12,15). The number of hydrogen-bond donors (Lipinski definition) is 1. The van der Waals surface area contributed by atoms with Crippen molar-refractivity contribution in [3.63, 3.8) is 0 Å². The summed E-state index contributed by atoms with van der Waals surface area (Å²) in [6, 6.07) is 1.75. The third-order valence-electron chi connectivity index (χ3n) is 2.19. The normalized spacial score (nSPS) is 10.4. The van der Waals surface area contributed by atoms with Crippen LogP contribution in [0.4, 0.5) is 5.13 Å². The number of carbonyl (C=O) groups is 1. The van der Waals surface area contributed by atoms with Crippen LogP contribution in [0.15, 0.2) is 12.3 Å². The van der Waals surface area contributed by atoms with Crippen LogP contribution in [0.25, 0.3) is 0 Å². The van der Waals surface area contributed by atoms with Crippen LogP contribution >= 0.6 is 11.3 Å². The quantitative estimate of drug-likeness (QED) is 0.864. The van der Waals surface area contributed by atoms with E-state index in [4.69, 9.17) is 0 Å². The first-order valence-corrected chi connectivity index (χ1v) is 5.62. The Balaban J connectivity index is 2.14. The van der Waals surface area contributed by atoms with Gasteiger partial charge in [0.2, 0.25) is 0 Å². The maximum atomic E-state index is 11.8. The highest BCUT2D eigenvalue weighted by Crippen LogP contribution is 2.17. The van der Waals surface area contributed by atoms with Crippen LogP contribution in [0.1, 0.15) is 21.1 Å². The van der Waals surface area contributed by atoms with Crippen molar-refractivity contribution >= 4 is 22.4 Å².